The molecule has 70 valence electrons. The lowest BCUT2D eigenvalue weighted by molar-refractivity contribution is -0.150. The first-order chi connectivity index (χ1) is 5.04. The number of carboxylic acid groups (broad SMARTS) is 2. The number of hydrogen-bond donors (Lipinski definition) is 3. The highest BCUT2D eigenvalue weighted by molar-refractivity contribution is 6.31. The number of amides is 1. The molecule has 7 heteroatoms. The second kappa shape index (κ2) is 6.41. The predicted molar refractivity (Wildman–Crippen MR) is 40.1 cm³/mol. The van der Waals surface area contributed by atoms with E-state index in [4.69, 9.17) is 10.2 Å². The second-order valence-corrected chi connectivity index (χ2v) is 1.70. The van der Waals surface area contributed by atoms with E-state index in [2.05, 4.69) is 0 Å². The van der Waals surface area contributed by atoms with E-state index in [0.717, 1.165) is 0 Å². The van der Waals surface area contributed by atoms with E-state index in [0.29, 0.717) is 0 Å². The van der Waals surface area contributed by atoms with Crippen LogP contribution < -0.4 is 5.32 Å². The van der Waals surface area contributed by atoms with Crippen molar-refractivity contribution in [2.24, 2.45) is 0 Å². The van der Waals surface area contributed by atoms with Crippen LogP contribution in [0.4, 0.5) is 0 Å². The molecular weight excluding hydrogens is 190 g/mol. The van der Waals surface area contributed by atoms with Gasteiger partial charge in [0, 0.05) is 6.54 Å². The largest absolute Gasteiger partial charge is 0.481 e. The first-order valence-corrected chi connectivity index (χ1v) is 2.77. The van der Waals surface area contributed by atoms with Crippen LogP contribution >= 0.6 is 12.4 Å². The molecule has 0 saturated heterocycles. The quantitative estimate of drug-likeness (QED) is 0.508. The summed E-state index contributed by atoms with van der Waals surface area (Å²) in [6, 6.07) is 0. The molecule has 0 saturated carbocycles. The van der Waals surface area contributed by atoms with Crippen molar-refractivity contribution in [3.8, 4) is 0 Å². The van der Waals surface area contributed by atoms with E-state index in [-0.39, 0.29) is 25.4 Å². The van der Waals surface area contributed by atoms with Crippen molar-refractivity contribution in [1.82, 2.24) is 5.32 Å². The van der Waals surface area contributed by atoms with Crippen LogP contribution in [0.1, 0.15) is 6.42 Å². The Bertz CT molecular complexity index is 192. The highest BCUT2D eigenvalue weighted by atomic mass is 35.5. The van der Waals surface area contributed by atoms with E-state index in [1.54, 1.807) is 0 Å². The minimum atomic E-state index is -1.62. The van der Waals surface area contributed by atoms with Crippen LogP contribution in [0.5, 0.6) is 0 Å². The van der Waals surface area contributed by atoms with Crippen LogP contribution in [-0.2, 0) is 14.4 Å². The summed E-state index contributed by atoms with van der Waals surface area (Å²) >= 11 is 0. The zero-order valence-corrected chi connectivity index (χ0v) is 6.76. The van der Waals surface area contributed by atoms with Gasteiger partial charge in [-0.05, 0) is 0 Å². The van der Waals surface area contributed by atoms with E-state index < -0.39 is 17.8 Å². The maximum atomic E-state index is 10.2. The Kier molecular flexibility index (Phi) is 7.11. The number of halogens is 1. The Labute approximate surface area is 74.0 Å². The van der Waals surface area contributed by atoms with Crippen LogP contribution in [0.25, 0.3) is 0 Å². The molecule has 0 bridgehead atoms. The maximum absolute atomic E-state index is 10.2. The summed E-state index contributed by atoms with van der Waals surface area (Å²) in [5.74, 6) is -3.89. The summed E-state index contributed by atoms with van der Waals surface area (Å²) in [5.41, 5.74) is 0. The smallest absolute Gasteiger partial charge is 0.394 e. The molecule has 0 rings (SSSR count). The molecule has 0 atom stereocenters. The molecule has 0 aromatic rings. The van der Waals surface area contributed by atoms with Crippen molar-refractivity contribution in [3.63, 3.8) is 0 Å². The summed E-state index contributed by atoms with van der Waals surface area (Å²) in [5, 5.41) is 17.9. The van der Waals surface area contributed by atoms with Crippen molar-refractivity contribution in [3.05, 3.63) is 0 Å². The Balaban J connectivity index is 0. The number of rotatable bonds is 3. The molecule has 0 aromatic carbocycles. The Hall–Kier alpha value is -1.30. The SMILES string of the molecule is Cl.O=C(O)CCNC(=O)C(=O)O. The van der Waals surface area contributed by atoms with Crippen LogP contribution in [0.2, 0.25) is 0 Å². The number of hydrogen-bond acceptors (Lipinski definition) is 3. The van der Waals surface area contributed by atoms with Crippen LogP contribution in [-0.4, -0.2) is 34.6 Å². The zero-order valence-electron chi connectivity index (χ0n) is 5.94. The minimum Gasteiger partial charge on any atom is -0.481 e. The number of carbonyl (C=O) groups is 3. The molecule has 0 spiro atoms. The Morgan fingerprint density at radius 2 is 1.67 bits per heavy atom. The molecule has 3 N–H and O–H groups in total. The van der Waals surface area contributed by atoms with Crippen molar-refractivity contribution in [2.45, 2.75) is 6.42 Å². The molecule has 0 heterocycles. The summed E-state index contributed by atoms with van der Waals surface area (Å²) in [6.07, 6.45) is -0.279. The van der Waals surface area contributed by atoms with Crippen molar-refractivity contribution < 1.29 is 24.6 Å². The van der Waals surface area contributed by atoms with Gasteiger partial charge in [0.1, 0.15) is 0 Å². The van der Waals surface area contributed by atoms with E-state index in [1.807, 2.05) is 5.32 Å². The average molecular weight is 198 g/mol. The zero-order chi connectivity index (χ0) is 8.85. The first kappa shape index (κ1) is 13.3. The van der Waals surface area contributed by atoms with Crippen LogP contribution in [0.3, 0.4) is 0 Å². The van der Waals surface area contributed by atoms with Gasteiger partial charge in [-0.25, -0.2) is 4.79 Å². The first-order valence-electron chi connectivity index (χ1n) is 2.77. The molecule has 6 nitrogen and oxygen atoms in total. The van der Waals surface area contributed by atoms with Gasteiger partial charge >= 0.3 is 17.8 Å². The fourth-order valence-corrected chi connectivity index (χ4v) is 0.359. The van der Waals surface area contributed by atoms with Gasteiger partial charge in [0.05, 0.1) is 6.42 Å². The predicted octanol–water partition coefficient (Wildman–Crippen LogP) is -0.916. The number of carbonyl (C=O) groups excluding carboxylic acids is 1. The molecule has 0 aliphatic rings. The third-order valence-corrected chi connectivity index (χ3v) is 0.819. The molecule has 0 fully saturated rings. The van der Waals surface area contributed by atoms with Gasteiger partial charge in [-0.2, -0.15) is 0 Å². The number of carboxylic acids is 2. The maximum Gasteiger partial charge on any atom is 0.394 e. The lowest BCUT2D eigenvalue weighted by atomic mass is 10.4. The molecule has 0 aromatic heterocycles. The minimum absolute atomic E-state index is 0. The standard InChI is InChI=1S/C5H7NO5.ClH/c7-3(8)1-2-6-4(9)5(10)11;/h1-2H2,(H,6,9)(H,7,8)(H,10,11);1H. The van der Waals surface area contributed by atoms with Crippen LogP contribution in [0, 0.1) is 0 Å². The van der Waals surface area contributed by atoms with Crippen LogP contribution in [0.15, 0.2) is 0 Å². The highest BCUT2D eigenvalue weighted by Gasteiger charge is 2.09. The molecule has 0 aliphatic heterocycles. The van der Waals surface area contributed by atoms with E-state index in [1.165, 1.54) is 0 Å². The summed E-state index contributed by atoms with van der Waals surface area (Å²) in [4.78, 5) is 29.9. The lowest BCUT2D eigenvalue weighted by Crippen LogP contribution is -2.32. The van der Waals surface area contributed by atoms with Gasteiger partial charge in [0.25, 0.3) is 0 Å². The highest BCUT2D eigenvalue weighted by Crippen LogP contribution is 1.75. The molecule has 0 unspecified atom stereocenters. The normalized spacial score (nSPS) is 8.00. The number of aliphatic carboxylic acids is 2. The van der Waals surface area contributed by atoms with Gasteiger partial charge in [0.15, 0.2) is 0 Å². The van der Waals surface area contributed by atoms with Gasteiger partial charge in [0.2, 0.25) is 0 Å². The number of nitrogens with one attached hydrogen (secondary N) is 1. The molecule has 12 heavy (non-hydrogen) atoms. The Morgan fingerprint density at radius 3 is 2.00 bits per heavy atom. The fraction of sp³-hybridized carbons (Fsp3) is 0.400. The van der Waals surface area contributed by atoms with Gasteiger partial charge in [-0.1, -0.05) is 0 Å². The summed E-state index contributed by atoms with van der Waals surface area (Å²) < 4.78 is 0. The second-order valence-electron chi connectivity index (χ2n) is 1.70. The summed E-state index contributed by atoms with van der Waals surface area (Å²) in [7, 11) is 0. The molecule has 1 amide bonds. The van der Waals surface area contributed by atoms with Gasteiger partial charge < -0.3 is 15.5 Å². The summed E-state index contributed by atoms with van der Waals surface area (Å²) in [6.45, 7) is -0.166. The molecule has 0 radical (unpaired) electrons. The third kappa shape index (κ3) is 6.81. The topological polar surface area (TPSA) is 104 Å². The monoisotopic (exact) mass is 197 g/mol. The lowest BCUT2D eigenvalue weighted by Gasteiger charge is -1.96. The van der Waals surface area contributed by atoms with Gasteiger partial charge in [-0.3, -0.25) is 9.59 Å². The van der Waals surface area contributed by atoms with Gasteiger partial charge in [-0.15, -0.1) is 12.4 Å². The molecule has 0 aliphatic carbocycles. The average Bonchev–Trinajstić information content (AvgIpc) is 1.86. The third-order valence-electron chi connectivity index (χ3n) is 0.819. The van der Waals surface area contributed by atoms with E-state index in [9.17, 15) is 14.4 Å². The molecular formula is C5H8ClNO5. The van der Waals surface area contributed by atoms with Crippen molar-refractivity contribution in [2.75, 3.05) is 6.54 Å². The van der Waals surface area contributed by atoms with Crippen molar-refractivity contribution in [1.29, 1.82) is 0 Å². The fourth-order valence-electron chi connectivity index (χ4n) is 0.359. The Morgan fingerprint density at radius 1 is 1.17 bits per heavy atom. The van der Waals surface area contributed by atoms with Crippen molar-refractivity contribution >= 4 is 30.3 Å². The van der Waals surface area contributed by atoms with E-state index >= 15 is 0 Å².